The van der Waals surface area contributed by atoms with E-state index < -0.39 is 36.7 Å². The van der Waals surface area contributed by atoms with E-state index in [0.29, 0.717) is 13.2 Å². The summed E-state index contributed by atoms with van der Waals surface area (Å²) in [4.78, 5) is 9.68. The van der Waals surface area contributed by atoms with Crippen LogP contribution in [0.25, 0.3) is 0 Å². The Morgan fingerprint density at radius 1 is 0.682 bits per heavy atom. The molecule has 10 nitrogen and oxygen atoms in total. The van der Waals surface area contributed by atoms with Gasteiger partial charge in [-0.05, 0) is 37.8 Å². The first-order valence-electron chi connectivity index (χ1n) is 12.2. The molecule has 2 aliphatic rings. The molecule has 2 aromatic carbocycles. The third-order valence-corrected chi connectivity index (χ3v) is 6.88. The molecule has 2 aromatic rings. The van der Waals surface area contributed by atoms with Crippen molar-refractivity contribution in [3.05, 3.63) is 71.8 Å². The Morgan fingerprint density at radius 2 is 0.955 bits per heavy atom. The minimum atomic E-state index is -5.84. The van der Waals surface area contributed by atoms with Gasteiger partial charge in [0.2, 0.25) is 0 Å². The molecule has 242 valence electrons. The van der Waals surface area contributed by atoms with Crippen molar-refractivity contribution in [1.82, 2.24) is 0 Å². The fourth-order valence-corrected chi connectivity index (χ4v) is 3.59. The minimum absolute atomic E-state index is 0. The van der Waals surface area contributed by atoms with E-state index in [2.05, 4.69) is 62.4 Å². The van der Waals surface area contributed by atoms with Crippen LogP contribution in [0.1, 0.15) is 25.0 Å². The number of benzene rings is 2. The SMILES string of the molecule is CC(C)(C1=N[C@@H](Cc2ccccc2)CO1)C1=N[C@@H](Cc2ccccc2)CO1.O=S(=O)(O)C(F)(F)F.O=S(=O)(O)C(F)(F)F.[Zn]. The maximum atomic E-state index is 10.7. The summed E-state index contributed by atoms with van der Waals surface area (Å²) in [6.07, 6.45) is 1.79. The summed E-state index contributed by atoms with van der Waals surface area (Å²) >= 11 is 0. The molecule has 0 amide bonds. The number of halogens is 6. The Balaban J connectivity index is 0.000000474. The predicted octanol–water partition coefficient (Wildman–Crippen LogP) is 4.88. The van der Waals surface area contributed by atoms with E-state index in [0.717, 1.165) is 24.6 Å². The van der Waals surface area contributed by atoms with Crippen molar-refractivity contribution >= 4 is 32.0 Å². The predicted molar refractivity (Wildman–Crippen MR) is 144 cm³/mol. The van der Waals surface area contributed by atoms with Gasteiger partial charge in [-0.15, -0.1) is 0 Å². The molecule has 0 unspecified atom stereocenters. The topological polar surface area (TPSA) is 152 Å². The average molecular weight is 728 g/mol. The Kier molecular flexibility index (Phi) is 14.0. The number of hydrogen-bond donors (Lipinski definition) is 2. The van der Waals surface area contributed by atoms with Crippen molar-refractivity contribution in [1.29, 1.82) is 0 Å². The van der Waals surface area contributed by atoms with Crippen LogP contribution >= 0.6 is 0 Å². The molecular weight excluding hydrogens is 700 g/mol. The molecule has 4 rings (SSSR count). The summed E-state index contributed by atoms with van der Waals surface area (Å²) < 4.78 is 127. The molecule has 0 fully saturated rings. The molecule has 0 aliphatic carbocycles. The van der Waals surface area contributed by atoms with Gasteiger partial charge in [0, 0.05) is 19.5 Å². The van der Waals surface area contributed by atoms with Crippen molar-refractivity contribution in [2.45, 2.75) is 49.8 Å². The van der Waals surface area contributed by atoms with Crippen LogP contribution in [0.4, 0.5) is 26.3 Å². The number of alkyl halides is 6. The van der Waals surface area contributed by atoms with Crippen LogP contribution in [0.15, 0.2) is 70.6 Å². The van der Waals surface area contributed by atoms with Gasteiger partial charge in [-0.25, -0.2) is 9.98 Å². The second-order valence-corrected chi connectivity index (χ2v) is 12.5. The first-order chi connectivity index (χ1) is 19.6. The van der Waals surface area contributed by atoms with Crippen molar-refractivity contribution in [3.63, 3.8) is 0 Å². The minimum Gasteiger partial charge on any atom is -0.478 e. The Hall–Kier alpha value is -2.60. The molecule has 2 atom stereocenters. The zero-order chi connectivity index (χ0) is 32.7. The fourth-order valence-electron chi connectivity index (χ4n) is 3.59. The molecule has 0 saturated heterocycles. The van der Waals surface area contributed by atoms with E-state index >= 15 is 0 Å². The van der Waals surface area contributed by atoms with Gasteiger partial charge in [-0.3, -0.25) is 9.11 Å². The summed E-state index contributed by atoms with van der Waals surface area (Å²) in [6, 6.07) is 21.2. The normalized spacial score (nSPS) is 18.6. The van der Waals surface area contributed by atoms with Crippen molar-refractivity contribution < 1.29 is 81.2 Å². The van der Waals surface area contributed by atoms with Gasteiger partial charge >= 0.3 is 31.3 Å². The van der Waals surface area contributed by atoms with Crippen LogP contribution in [-0.4, -0.2) is 74.1 Å². The molecule has 2 heterocycles. The van der Waals surface area contributed by atoms with E-state index in [1.165, 1.54) is 11.1 Å². The Morgan fingerprint density at radius 3 is 1.20 bits per heavy atom. The van der Waals surface area contributed by atoms with Crippen LogP contribution in [0.5, 0.6) is 0 Å². The number of nitrogens with zero attached hydrogens (tertiary/aromatic N) is 2. The Labute approximate surface area is 262 Å². The second kappa shape index (κ2) is 15.6. The van der Waals surface area contributed by atoms with Crippen LogP contribution in [-0.2, 0) is 62.0 Å². The standard InChI is InChI=1S/C23H26N2O2.2CHF3O3S.Zn/c1-23(2,21-24-19(15-26-21)13-17-9-5-3-6-10-17)22-25-20(16-27-22)14-18-11-7-4-8-12-18;2*2-1(3,4)8(5,6)7;/h3-12,19-20H,13-16H2,1-2H3;2*(H,5,6,7);/t19-,20-;;;/m0.../s1. The van der Waals surface area contributed by atoms with Crippen LogP contribution < -0.4 is 0 Å². The smallest absolute Gasteiger partial charge is 0.478 e. The molecule has 0 aromatic heterocycles. The van der Waals surface area contributed by atoms with Crippen molar-refractivity contribution in [3.8, 4) is 0 Å². The maximum absolute atomic E-state index is 10.7. The molecule has 44 heavy (non-hydrogen) atoms. The quantitative estimate of drug-likeness (QED) is 0.185. The fraction of sp³-hybridized carbons (Fsp3) is 0.440. The number of rotatable bonds is 6. The van der Waals surface area contributed by atoms with Crippen LogP contribution in [0, 0.1) is 5.41 Å². The summed E-state index contributed by atoms with van der Waals surface area (Å²) in [7, 11) is -11.7. The van der Waals surface area contributed by atoms with Gasteiger partial charge in [0.05, 0.1) is 12.1 Å². The number of hydrogen-bond acceptors (Lipinski definition) is 8. The van der Waals surface area contributed by atoms with Gasteiger partial charge < -0.3 is 9.47 Å². The third-order valence-electron chi connectivity index (χ3n) is 5.71. The second-order valence-electron chi connectivity index (χ2n) is 9.64. The largest absolute Gasteiger partial charge is 0.522 e. The summed E-state index contributed by atoms with van der Waals surface area (Å²) in [5.74, 6) is 1.48. The molecular formula is C25H28F6N2O8S2Zn. The summed E-state index contributed by atoms with van der Waals surface area (Å²) in [6.45, 7) is 5.41. The molecule has 2 N–H and O–H groups in total. The molecule has 0 spiro atoms. The van der Waals surface area contributed by atoms with Gasteiger partial charge in [-0.1, -0.05) is 60.7 Å². The van der Waals surface area contributed by atoms with E-state index in [1.807, 2.05) is 12.1 Å². The maximum Gasteiger partial charge on any atom is 0.522 e. The van der Waals surface area contributed by atoms with E-state index in [-0.39, 0.29) is 31.6 Å². The van der Waals surface area contributed by atoms with Crippen molar-refractivity contribution in [2.75, 3.05) is 13.2 Å². The van der Waals surface area contributed by atoms with Gasteiger partial charge in [0.25, 0.3) is 0 Å². The van der Waals surface area contributed by atoms with Gasteiger partial charge in [0.15, 0.2) is 11.8 Å². The molecule has 0 radical (unpaired) electrons. The Bertz CT molecular complexity index is 1370. The van der Waals surface area contributed by atoms with Crippen molar-refractivity contribution in [2.24, 2.45) is 15.4 Å². The molecule has 2 aliphatic heterocycles. The summed E-state index contributed by atoms with van der Waals surface area (Å²) in [5.41, 5.74) is -8.94. The van der Waals surface area contributed by atoms with Gasteiger partial charge in [-0.2, -0.15) is 43.2 Å². The van der Waals surface area contributed by atoms with E-state index in [1.54, 1.807) is 0 Å². The van der Waals surface area contributed by atoms with Gasteiger partial charge in [0.1, 0.15) is 18.6 Å². The average Bonchev–Trinajstić information content (AvgIpc) is 3.54. The first-order valence-corrected chi connectivity index (χ1v) is 15.1. The van der Waals surface area contributed by atoms with Crippen LogP contribution in [0.3, 0.4) is 0 Å². The number of aliphatic imine (C=N–C) groups is 2. The van der Waals surface area contributed by atoms with E-state index in [4.69, 9.17) is 45.4 Å². The zero-order valence-corrected chi connectivity index (χ0v) is 27.9. The molecule has 0 saturated carbocycles. The number of ether oxygens (including phenoxy) is 2. The van der Waals surface area contributed by atoms with Crippen LogP contribution in [0.2, 0.25) is 0 Å². The molecule has 19 heteroatoms. The van der Waals surface area contributed by atoms with E-state index in [9.17, 15) is 26.3 Å². The first kappa shape index (κ1) is 39.4. The molecule has 0 bridgehead atoms. The monoisotopic (exact) mass is 726 g/mol. The summed E-state index contributed by atoms with van der Waals surface area (Å²) in [5, 5.41) is 0. The third kappa shape index (κ3) is 12.1. The zero-order valence-electron chi connectivity index (χ0n) is 23.3.